The van der Waals surface area contributed by atoms with Gasteiger partial charge in [-0.25, -0.2) is 0 Å². The second-order valence-corrected chi connectivity index (χ2v) is 5.91. The molecule has 2 amide bonds. The Labute approximate surface area is 137 Å². The molecule has 1 aliphatic heterocycles. The lowest BCUT2D eigenvalue weighted by atomic mass is 10.2. The normalized spacial score (nSPS) is 18.0. The van der Waals surface area contributed by atoms with Gasteiger partial charge in [0.05, 0.1) is 6.54 Å². The standard InChI is InChI=1S/C17H27N3O3/c1-4-19(5-2)11-10-18-17(22)15-8-9-16(21)20(15)12-14-7-6-13(3)23-14/h6-7,15H,4-5,8-12H2,1-3H3,(H,18,22)/t15-/m1/s1. The highest BCUT2D eigenvalue weighted by Gasteiger charge is 2.36. The third kappa shape index (κ3) is 4.58. The molecule has 0 radical (unpaired) electrons. The Hall–Kier alpha value is -1.82. The van der Waals surface area contributed by atoms with Crippen LogP contribution in [-0.4, -0.2) is 53.8 Å². The molecule has 0 aromatic carbocycles. The van der Waals surface area contributed by atoms with E-state index >= 15 is 0 Å². The molecular weight excluding hydrogens is 294 g/mol. The summed E-state index contributed by atoms with van der Waals surface area (Å²) in [5.41, 5.74) is 0. The number of carbonyl (C=O) groups excluding carboxylic acids is 2. The zero-order chi connectivity index (χ0) is 16.8. The van der Waals surface area contributed by atoms with E-state index in [1.165, 1.54) is 0 Å². The first-order valence-corrected chi connectivity index (χ1v) is 8.40. The Bertz CT molecular complexity index is 537. The average molecular weight is 321 g/mol. The molecule has 0 spiro atoms. The number of furan rings is 1. The van der Waals surface area contributed by atoms with Gasteiger partial charge in [-0.2, -0.15) is 0 Å². The summed E-state index contributed by atoms with van der Waals surface area (Å²) in [6.45, 7) is 9.82. The van der Waals surface area contributed by atoms with Crippen LogP contribution in [0.1, 0.15) is 38.2 Å². The maximum absolute atomic E-state index is 12.4. The molecule has 0 saturated carbocycles. The van der Waals surface area contributed by atoms with Crippen molar-refractivity contribution in [2.24, 2.45) is 0 Å². The van der Waals surface area contributed by atoms with Gasteiger partial charge in [-0.3, -0.25) is 9.59 Å². The first-order valence-electron chi connectivity index (χ1n) is 8.40. The molecule has 1 aromatic rings. The fourth-order valence-electron chi connectivity index (χ4n) is 2.94. The number of nitrogens with zero attached hydrogens (tertiary/aromatic N) is 2. The minimum absolute atomic E-state index is 0.0166. The topological polar surface area (TPSA) is 65.8 Å². The Morgan fingerprint density at radius 1 is 1.39 bits per heavy atom. The molecule has 1 fully saturated rings. The van der Waals surface area contributed by atoms with E-state index in [1.54, 1.807) is 4.90 Å². The van der Waals surface area contributed by atoms with E-state index in [-0.39, 0.29) is 17.9 Å². The second kappa shape index (κ2) is 8.15. The highest BCUT2D eigenvalue weighted by molar-refractivity contribution is 5.90. The van der Waals surface area contributed by atoms with Gasteiger partial charge in [0.2, 0.25) is 11.8 Å². The smallest absolute Gasteiger partial charge is 0.242 e. The molecule has 0 unspecified atom stereocenters. The lowest BCUT2D eigenvalue weighted by Gasteiger charge is -2.24. The molecular formula is C17H27N3O3. The van der Waals surface area contributed by atoms with Gasteiger partial charge >= 0.3 is 0 Å². The SMILES string of the molecule is CCN(CC)CCNC(=O)[C@H]1CCC(=O)N1Cc1ccc(C)o1. The molecule has 2 heterocycles. The summed E-state index contributed by atoms with van der Waals surface area (Å²) in [7, 11) is 0. The summed E-state index contributed by atoms with van der Waals surface area (Å²) in [5, 5.41) is 2.96. The van der Waals surface area contributed by atoms with Gasteiger partial charge in [-0.15, -0.1) is 0 Å². The van der Waals surface area contributed by atoms with Gasteiger partial charge < -0.3 is 19.5 Å². The van der Waals surface area contributed by atoms with Gasteiger partial charge in [0.1, 0.15) is 17.6 Å². The predicted octanol–water partition coefficient (Wildman–Crippen LogP) is 1.54. The first-order chi connectivity index (χ1) is 11.0. The first kappa shape index (κ1) is 17.5. The van der Waals surface area contributed by atoms with Crippen LogP contribution in [0.5, 0.6) is 0 Å². The number of hydrogen-bond donors (Lipinski definition) is 1. The van der Waals surface area contributed by atoms with Crippen molar-refractivity contribution in [3.8, 4) is 0 Å². The monoisotopic (exact) mass is 321 g/mol. The van der Waals surface area contributed by atoms with Crippen molar-refractivity contribution in [3.63, 3.8) is 0 Å². The Balaban J connectivity index is 1.89. The van der Waals surface area contributed by atoms with Crippen LogP contribution >= 0.6 is 0 Å². The Morgan fingerprint density at radius 3 is 2.74 bits per heavy atom. The maximum atomic E-state index is 12.4. The summed E-state index contributed by atoms with van der Waals surface area (Å²) in [5.74, 6) is 1.49. The molecule has 2 rings (SSSR count). The molecule has 0 aliphatic carbocycles. The third-order valence-corrected chi connectivity index (χ3v) is 4.37. The van der Waals surface area contributed by atoms with E-state index in [0.717, 1.165) is 31.2 Å². The number of carbonyl (C=O) groups is 2. The summed E-state index contributed by atoms with van der Waals surface area (Å²) in [6, 6.07) is 3.34. The largest absolute Gasteiger partial charge is 0.464 e. The molecule has 1 aliphatic rings. The highest BCUT2D eigenvalue weighted by atomic mass is 16.3. The minimum atomic E-state index is -0.385. The second-order valence-electron chi connectivity index (χ2n) is 5.91. The van der Waals surface area contributed by atoms with Gasteiger partial charge in [-0.1, -0.05) is 13.8 Å². The van der Waals surface area contributed by atoms with Crippen LogP contribution in [0, 0.1) is 6.92 Å². The van der Waals surface area contributed by atoms with E-state index in [1.807, 2.05) is 19.1 Å². The number of likely N-dealkylation sites (tertiary alicyclic amines) is 1. The van der Waals surface area contributed by atoms with E-state index in [9.17, 15) is 9.59 Å². The van der Waals surface area contributed by atoms with Crippen molar-refractivity contribution in [1.82, 2.24) is 15.1 Å². The zero-order valence-corrected chi connectivity index (χ0v) is 14.3. The Morgan fingerprint density at radius 2 is 2.13 bits per heavy atom. The molecule has 0 bridgehead atoms. The van der Waals surface area contributed by atoms with E-state index < -0.39 is 0 Å². The fraction of sp³-hybridized carbons (Fsp3) is 0.647. The maximum Gasteiger partial charge on any atom is 0.242 e. The fourth-order valence-corrected chi connectivity index (χ4v) is 2.94. The molecule has 6 heteroatoms. The van der Waals surface area contributed by atoms with E-state index in [0.29, 0.717) is 25.9 Å². The van der Waals surface area contributed by atoms with Crippen LogP contribution in [0.3, 0.4) is 0 Å². The minimum Gasteiger partial charge on any atom is -0.464 e. The molecule has 1 aromatic heterocycles. The summed E-state index contributed by atoms with van der Waals surface area (Å²) in [6.07, 6.45) is 1.00. The molecule has 1 saturated heterocycles. The van der Waals surface area contributed by atoms with Crippen molar-refractivity contribution in [2.75, 3.05) is 26.2 Å². The van der Waals surface area contributed by atoms with Crippen LogP contribution in [-0.2, 0) is 16.1 Å². The number of rotatable bonds is 8. The van der Waals surface area contributed by atoms with Crippen molar-refractivity contribution in [2.45, 2.75) is 46.2 Å². The number of amides is 2. The van der Waals surface area contributed by atoms with Gasteiger partial charge in [0, 0.05) is 19.5 Å². The summed E-state index contributed by atoms with van der Waals surface area (Å²) in [4.78, 5) is 28.4. The number of likely N-dealkylation sites (N-methyl/N-ethyl adjacent to an activating group) is 1. The van der Waals surface area contributed by atoms with Crippen LogP contribution in [0.25, 0.3) is 0 Å². The van der Waals surface area contributed by atoms with Gasteiger partial charge in [-0.05, 0) is 38.6 Å². The van der Waals surface area contributed by atoms with Crippen LogP contribution in [0.15, 0.2) is 16.5 Å². The van der Waals surface area contributed by atoms with Crippen molar-refractivity contribution >= 4 is 11.8 Å². The van der Waals surface area contributed by atoms with Gasteiger partial charge in [0.25, 0.3) is 0 Å². The number of hydrogen-bond acceptors (Lipinski definition) is 4. The van der Waals surface area contributed by atoms with Crippen LogP contribution in [0.2, 0.25) is 0 Å². The van der Waals surface area contributed by atoms with E-state index in [4.69, 9.17) is 4.42 Å². The van der Waals surface area contributed by atoms with Crippen molar-refractivity contribution < 1.29 is 14.0 Å². The molecule has 1 N–H and O–H groups in total. The summed E-state index contributed by atoms with van der Waals surface area (Å²) >= 11 is 0. The predicted molar refractivity (Wildman–Crippen MR) is 87.8 cm³/mol. The zero-order valence-electron chi connectivity index (χ0n) is 14.3. The van der Waals surface area contributed by atoms with Crippen LogP contribution < -0.4 is 5.32 Å². The molecule has 6 nitrogen and oxygen atoms in total. The number of aryl methyl sites for hydroxylation is 1. The van der Waals surface area contributed by atoms with E-state index in [2.05, 4.69) is 24.1 Å². The van der Waals surface area contributed by atoms with Gasteiger partial charge in [0.15, 0.2) is 0 Å². The van der Waals surface area contributed by atoms with Crippen molar-refractivity contribution in [3.05, 3.63) is 23.7 Å². The van der Waals surface area contributed by atoms with Crippen LogP contribution in [0.4, 0.5) is 0 Å². The Kier molecular flexibility index (Phi) is 6.21. The average Bonchev–Trinajstić information content (AvgIpc) is 3.11. The molecule has 23 heavy (non-hydrogen) atoms. The number of nitrogens with one attached hydrogen (secondary N) is 1. The molecule has 128 valence electrons. The lowest BCUT2D eigenvalue weighted by molar-refractivity contribution is -0.136. The van der Waals surface area contributed by atoms with Crippen molar-refractivity contribution in [1.29, 1.82) is 0 Å². The third-order valence-electron chi connectivity index (χ3n) is 4.37. The quantitative estimate of drug-likeness (QED) is 0.789. The molecule has 1 atom stereocenters. The summed E-state index contributed by atoms with van der Waals surface area (Å²) < 4.78 is 5.53. The lowest BCUT2D eigenvalue weighted by Crippen LogP contribution is -2.46. The highest BCUT2D eigenvalue weighted by Crippen LogP contribution is 2.22.